The van der Waals surface area contributed by atoms with Gasteiger partial charge in [0.1, 0.15) is 22.1 Å². The number of phenols is 1. The normalized spacial score (nSPS) is 16.3. The average Bonchev–Trinajstić information content (AvgIpc) is 3.05. The summed E-state index contributed by atoms with van der Waals surface area (Å²) in [7, 11) is 4.28. The molecule has 2 aromatic carbocycles. The quantitative estimate of drug-likeness (QED) is 0.677. The van der Waals surface area contributed by atoms with Crippen molar-refractivity contribution >= 4 is 34.5 Å². The third-order valence-corrected chi connectivity index (χ3v) is 5.45. The monoisotopic (exact) mass is 427 g/mol. The van der Waals surface area contributed by atoms with Crippen molar-refractivity contribution in [1.29, 1.82) is 0 Å². The van der Waals surface area contributed by atoms with Gasteiger partial charge in [-0.1, -0.05) is 30.0 Å². The molecule has 0 atom stereocenters. The molecule has 1 aliphatic rings. The first-order valence-corrected chi connectivity index (χ1v) is 9.72. The molecular formula is C22H21NO6S. The van der Waals surface area contributed by atoms with Crippen molar-refractivity contribution in [2.75, 3.05) is 21.3 Å². The summed E-state index contributed by atoms with van der Waals surface area (Å²) in [6.45, 7) is 1.78. The predicted molar refractivity (Wildman–Crippen MR) is 117 cm³/mol. The smallest absolute Gasteiger partial charge is 0.344 e. The predicted octanol–water partition coefficient (Wildman–Crippen LogP) is 4.52. The zero-order valence-electron chi connectivity index (χ0n) is 16.9. The summed E-state index contributed by atoms with van der Waals surface area (Å²) in [6.07, 6.45) is 1.60. The first-order valence-electron chi connectivity index (χ1n) is 8.90. The summed E-state index contributed by atoms with van der Waals surface area (Å²) >= 11 is 1.10. The molecule has 0 aliphatic carbocycles. The average molecular weight is 427 g/mol. The van der Waals surface area contributed by atoms with Crippen molar-refractivity contribution in [2.45, 2.75) is 6.92 Å². The zero-order valence-corrected chi connectivity index (χ0v) is 17.7. The molecule has 0 amide bonds. The van der Waals surface area contributed by atoms with E-state index in [-0.39, 0.29) is 22.1 Å². The van der Waals surface area contributed by atoms with E-state index in [1.807, 2.05) is 0 Å². The van der Waals surface area contributed by atoms with Crippen LogP contribution in [0.15, 0.2) is 57.6 Å². The van der Waals surface area contributed by atoms with Gasteiger partial charge in [-0.2, -0.15) is 0 Å². The van der Waals surface area contributed by atoms with Crippen molar-refractivity contribution in [3.63, 3.8) is 0 Å². The van der Waals surface area contributed by atoms with Crippen LogP contribution >= 0.6 is 11.8 Å². The van der Waals surface area contributed by atoms with Crippen LogP contribution in [0, 0.1) is 6.92 Å². The number of aromatic hydroxyl groups is 1. The van der Waals surface area contributed by atoms with Gasteiger partial charge in [0.2, 0.25) is 0 Å². The van der Waals surface area contributed by atoms with Gasteiger partial charge < -0.3 is 24.4 Å². The number of hydrogen-bond donors (Lipinski definition) is 2. The fourth-order valence-electron chi connectivity index (χ4n) is 2.84. The number of methoxy groups -OCH3 is 3. The van der Waals surface area contributed by atoms with E-state index in [1.165, 1.54) is 21.3 Å². The van der Waals surface area contributed by atoms with E-state index in [0.29, 0.717) is 33.2 Å². The van der Waals surface area contributed by atoms with E-state index >= 15 is 0 Å². The molecule has 2 aromatic rings. The summed E-state index contributed by atoms with van der Waals surface area (Å²) < 4.78 is 15.3. The van der Waals surface area contributed by atoms with Crippen LogP contribution in [0.5, 0.6) is 17.2 Å². The summed E-state index contributed by atoms with van der Waals surface area (Å²) in [4.78, 5) is 17.2. The lowest BCUT2D eigenvalue weighted by Crippen LogP contribution is -2.10. The molecule has 1 heterocycles. The highest BCUT2D eigenvalue weighted by Crippen LogP contribution is 2.42. The molecule has 0 unspecified atom stereocenters. The van der Waals surface area contributed by atoms with Crippen LogP contribution in [0.4, 0.5) is 5.69 Å². The number of thioether (sulfide) groups is 1. The number of aliphatic hydroxyl groups excluding tert-OH is 1. The van der Waals surface area contributed by atoms with Crippen LogP contribution in [0.2, 0.25) is 0 Å². The number of nitrogens with zero attached hydrogens (tertiary/aromatic N) is 1. The highest BCUT2D eigenvalue weighted by molar-refractivity contribution is 8.18. The summed E-state index contributed by atoms with van der Waals surface area (Å²) in [5, 5.41) is 21.2. The van der Waals surface area contributed by atoms with Gasteiger partial charge in [-0.25, -0.2) is 9.79 Å². The van der Waals surface area contributed by atoms with Crippen molar-refractivity contribution in [2.24, 2.45) is 4.99 Å². The summed E-state index contributed by atoms with van der Waals surface area (Å²) in [5.41, 5.74) is 1.67. The Bertz CT molecular complexity index is 1090. The van der Waals surface area contributed by atoms with Gasteiger partial charge in [-0.3, -0.25) is 0 Å². The number of carbonyl (C=O) groups is 1. The Labute approximate surface area is 178 Å². The van der Waals surface area contributed by atoms with Crippen LogP contribution in [-0.2, 0) is 9.53 Å². The van der Waals surface area contributed by atoms with E-state index < -0.39 is 5.97 Å². The minimum Gasteiger partial charge on any atom is -0.507 e. The van der Waals surface area contributed by atoms with Crippen LogP contribution in [0.1, 0.15) is 11.1 Å². The summed E-state index contributed by atoms with van der Waals surface area (Å²) in [5.74, 6) is 0.157. The molecular weight excluding hydrogens is 406 g/mol. The molecule has 0 aromatic heterocycles. The minimum atomic E-state index is -0.712. The highest BCUT2D eigenvalue weighted by atomic mass is 32.2. The zero-order chi connectivity index (χ0) is 21.8. The lowest BCUT2D eigenvalue weighted by atomic mass is 10.1. The van der Waals surface area contributed by atoms with Crippen molar-refractivity contribution in [3.05, 3.63) is 63.8 Å². The van der Waals surface area contributed by atoms with Gasteiger partial charge >= 0.3 is 5.97 Å². The number of esters is 1. The molecule has 8 heteroatoms. The van der Waals surface area contributed by atoms with E-state index in [4.69, 9.17) is 14.2 Å². The maximum Gasteiger partial charge on any atom is 0.344 e. The largest absolute Gasteiger partial charge is 0.507 e. The Morgan fingerprint density at radius 3 is 2.47 bits per heavy atom. The topological polar surface area (TPSA) is 97.6 Å². The molecule has 0 saturated heterocycles. The molecule has 7 nitrogen and oxygen atoms in total. The molecule has 30 heavy (non-hydrogen) atoms. The lowest BCUT2D eigenvalue weighted by molar-refractivity contribution is -0.135. The van der Waals surface area contributed by atoms with Crippen molar-refractivity contribution < 1.29 is 29.2 Å². The standard InChI is InChI=1S/C22H21NO6S/c1-12-6-5-7-13(19(12)24)10-17-20(25)18(22(26)29-4)21(30-17)23-14-8-9-15(27-2)16(11-14)28-3/h5-11,24-25H,1-4H3/b17-10+,23-21?. The number of benzene rings is 2. The third-order valence-electron chi connectivity index (χ3n) is 4.43. The minimum absolute atomic E-state index is 0.0457. The van der Waals surface area contributed by atoms with E-state index in [1.54, 1.807) is 49.4 Å². The van der Waals surface area contributed by atoms with Gasteiger partial charge in [0.25, 0.3) is 0 Å². The number of carbonyl (C=O) groups excluding carboxylic acids is 1. The molecule has 0 bridgehead atoms. The number of rotatable bonds is 5. The van der Waals surface area contributed by atoms with Gasteiger partial charge in [-0.05, 0) is 30.7 Å². The second-order valence-corrected chi connectivity index (χ2v) is 7.33. The highest BCUT2D eigenvalue weighted by Gasteiger charge is 2.33. The Morgan fingerprint density at radius 2 is 1.80 bits per heavy atom. The van der Waals surface area contributed by atoms with Crippen LogP contribution < -0.4 is 9.47 Å². The molecule has 0 fully saturated rings. The maximum atomic E-state index is 12.3. The van der Waals surface area contributed by atoms with Gasteiger partial charge in [0, 0.05) is 11.6 Å². The molecule has 0 radical (unpaired) electrons. The second kappa shape index (κ2) is 8.96. The number of ether oxygens (including phenoxy) is 3. The first-order chi connectivity index (χ1) is 14.4. The van der Waals surface area contributed by atoms with Crippen molar-refractivity contribution in [3.8, 4) is 17.2 Å². The molecule has 0 saturated carbocycles. The number of hydrogen-bond acceptors (Lipinski definition) is 8. The lowest BCUT2D eigenvalue weighted by Gasteiger charge is -2.08. The molecule has 3 rings (SSSR count). The SMILES string of the molecule is COC(=O)C1=C(O)/C(=C\c2cccc(C)c2O)SC1=Nc1ccc(OC)c(OC)c1. The fraction of sp³-hybridized carbons (Fsp3) is 0.182. The van der Waals surface area contributed by atoms with E-state index in [0.717, 1.165) is 11.8 Å². The maximum absolute atomic E-state index is 12.3. The van der Waals surface area contributed by atoms with E-state index in [2.05, 4.69) is 4.99 Å². The van der Waals surface area contributed by atoms with Gasteiger partial charge in [0.05, 0.1) is 31.9 Å². The van der Waals surface area contributed by atoms with E-state index in [9.17, 15) is 15.0 Å². The fourth-order valence-corrected chi connectivity index (χ4v) is 3.87. The second-order valence-electron chi connectivity index (χ2n) is 6.29. The molecule has 156 valence electrons. The Balaban J connectivity index is 2.08. The Hall–Kier alpha value is -3.39. The Morgan fingerprint density at radius 1 is 1.07 bits per heavy atom. The number of aliphatic imine (C=N–C) groups is 1. The van der Waals surface area contributed by atoms with Gasteiger partial charge in [-0.15, -0.1) is 0 Å². The number of phenolic OH excluding ortho intramolecular Hbond substituents is 1. The molecule has 0 spiro atoms. The van der Waals surface area contributed by atoms with Gasteiger partial charge in [0.15, 0.2) is 11.5 Å². The van der Waals surface area contributed by atoms with Crippen LogP contribution in [0.25, 0.3) is 6.08 Å². The molecule has 1 aliphatic heterocycles. The summed E-state index contributed by atoms with van der Waals surface area (Å²) in [6, 6.07) is 10.3. The number of para-hydroxylation sites is 1. The van der Waals surface area contributed by atoms with Crippen LogP contribution in [-0.4, -0.2) is 42.6 Å². The number of aliphatic hydroxyl groups is 1. The third kappa shape index (κ3) is 4.13. The van der Waals surface area contributed by atoms with Crippen molar-refractivity contribution in [1.82, 2.24) is 0 Å². The van der Waals surface area contributed by atoms with Crippen LogP contribution in [0.3, 0.4) is 0 Å². The Kier molecular flexibility index (Phi) is 6.37. The number of aryl methyl sites for hydroxylation is 1. The molecule has 2 N–H and O–H groups in total. The first kappa shape index (κ1) is 21.3.